The van der Waals surface area contributed by atoms with Gasteiger partial charge in [0.05, 0.1) is 6.61 Å². The topological polar surface area (TPSA) is 96.7 Å². The maximum Gasteiger partial charge on any atom is 0.343 e. The molecule has 7 nitrogen and oxygen atoms in total. The second kappa shape index (κ2) is 5.11. The molecule has 0 bridgehead atoms. The van der Waals surface area contributed by atoms with Gasteiger partial charge in [-0.2, -0.15) is 0 Å². The van der Waals surface area contributed by atoms with Gasteiger partial charge in [0.2, 0.25) is 0 Å². The molecule has 0 aliphatic rings. The normalized spacial score (nSPS) is 10.7. The molecule has 2 N–H and O–H groups in total. The Kier molecular flexibility index (Phi) is 3.55. The van der Waals surface area contributed by atoms with E-state index in [9.17, 15) is 4.79 Å². The predicted octanol–water partition coefficient (Wildman–Crippen LogP) is 0.0248. The highest BCUT2D eigenvalue weighted by Gasteiger charge is 2.09. The van der Waals surface area contributed by atoms with Crippen molar-refractivity contribution in [1.82, 2.24) is 24.7 Å². The average Bonchev–Trinajstić information content (AvgIpc) is 2.71. The van der Waals surface area contributed by atoms with E-state index < -0.39 is 0 Å². The minimum atomic E-state index is -0.248. The maximum absolute atomic E-state index is 11.3. The van der Waals surface area contributed by atoms with Crippen LogP contribution in [0.15, 0.2) is 27.5 Å². The Labute approximate surface area is 101 Å². The van der Waals surface area contributed by atoms with Gasteiger partial charge in [-0.15, -0.1) is 5.10 Å². The van der Waals surface area contributed by atoms with Crippen molar-refractivity contribution >= 4 is 11.8 Å². The quantitative estimate of drug-likeness (QED) is 0.746. The summed E-state index contributed by atoms with van der Waals surface area (Å²) >= 11 is 1.20. The number of H-pyrrole nitrogens is 1. The van der Waals surface area contributed by atoms with Crippen molar-refractivity contribution in [3.05, 3.63) is 28.4 Å². The second-order valence-corrected chi connectivity index (χ2v) is 4.12. The molecule has 2 heterocycles. The SMILES string of the molecule is CCn1c(Sc2ncc(CO)cn2)n[nH]c1=O. The minimum absolute atomic E-state index is 0.0903. The van der Waals surface area contributed by atoms with E-state index in [0.29, 0.717) is 22.4 Å². The number of aliphatic hydroxyl groups is 1. The largest absolute Gasteiger partial charge is 0.392 e. The fourth-order valence-corrected chi connectivity index (χ4v) is 2.01. The van der Waals surface area contributed by atoms with Crippen LogP contribution in [0.5, 0.6) is 0 Å². The number of aromatic amines is 1. The Balaban J connectivity index is 2.22. The van der Waals surface area contributed by atoms with Crippen molar-refractivity contribution in [2.45, 2.75) is 30.4 Å². The third-order valence-corrected chi connectivity index (χ3v) is 2.97. The van der Waals surface area contributed by atoms with Crippen LogP contribution in [0, 0.1) is 0 Å². The number of aromatic nitrogens is 5. The molecule has 0 unspecified atom stereocenters. The molecule has 2 aromatic rings. The zero-order chi connectivity index (χ0) is 12.3. The van der Waals surface area contributed by atoms with Crippen LogP contribution in [0.2, 0.25) is 0 Å². The third kappa shape index (κ3) is 2.53. The Morgan fingerprint density at radius 1 is 1.47 bits per heavy atom. The lowest BCUT2D eigenvalue weighted by molar-refractivity contribution is 0.280. The summed E-state index contributed by atoms with van der Waals surface area (Å²) in [4.78, 5) is 19.4. The molecule has 0 saturated heterocycles. The molecule has 2 aromatic heterocycles. The van der Waals surface area contributed by atoms with Crippen molar-refractivity contribution in [2.75, 3.05) is 0 Å². The maximum atomic E-state index is 11.3. The highest BCUT2D eigenvalue weighted by molar-refractivity contribution is 7.99. The lowest BCUT2D eigenvalue weighted by Crippen LogP contribution is -2.16. The van der Waals surface area contributed by atoms with Crippen molar-refractivity contribution in [3.63, 3.8) is 0 Å². The summed E-state index contributed by atoms with van der Waals surface area (Å²) in [7, 11) is 0. The number of hydrogen-bond acceptors (Lipinski definition) is 6. The minimum Gasteiger partial charge on any atom is -0.392 e. The van der Waals surface area contributed by atoms with E-state index in [-0.39, 0.29) is 12.3 Å². The fourth-order valence-electron chi connectivity index (χ4n) is 1.22. The summed E-state index contributed by atoms with van der Waals surface area (Å²) in [6.45, 7) is 2.30. The molecule has 0 amide bonds. The van der Waals surface area contributed by atoms with Gasteiger partial charge in [0.1, 0.15) is 0 Å². The van der Waals surface area contributed by atoms with Crippen LogP contribution >= 0.6 is 11.8 Å². The summed E-state index contributed by atoms with van der Waals surface area (Å²) in [6.07, 6.45) is 3.08. The molecule has 0 aliphatic carbocycles. The van der Waals surface area contributed by atoms with E-state index >= 15 is 0 Å². The lowest BCUT2D eigenvalue weighted by Gasteiger charge is -2.01. The van der Waals surface area contributed by atoms with Gasteiger partial charge in [-0.1, -0.05) is 0 Å². The van der Waals surface area contributed by atoms with Gasteiger partial charge in [-0.25, -0.2) is 19.9 Å². The lowest BCUT2D eigenvalue weighted by atomic mass is 10.4. The molecule has 0 aliphatic heterocycles. The first-order chi connectivity index (χ1) is 8.24. The fraction of sp³-hybridized carbons (Fsp3) is 0.333. The zero-order valence-corrected chi connectivity index (χ0v) is 9.94. The van der Waals surface area contributed by atoms with Crippen molar-refractivity contribution in [3.8, 4) is 0 Å². The number of hydrogen-bond donors (Lipinski definition) is 2. The summed E-state index contributed by atoms with van der Waals surface area (Å²) in [5.74, 6) is 0. The molecular formula is C9H11N5O2S. The van der Waals surface area contributed by atoms with Gasteiger partial charge in [-0.3, -0.25) is 4.57 Å². The molecule has 0 fully saturated rings. The first-order valence-corrected chi connectivity index (χ1v) is 5.81. The predicted molar refractivity (Wildman–Crippen MR) is 60.6 cm³/mol. The van der Waals surface area contributed by atoms with Gasteiger partial charge >= 0.3 is 5.69 Å². The Morgan fingerprint density at radius 3 is 2.76 bits per heavy atom. The molecule has 2 rings (SSSR count). The molecule has 0 radical (unpaired) electrons. The zero-order valence-electron chi connectivity index (χ0n) is 9.12. The number of aliphatic hydroxyl groups excluding tert-OH is 1. The molecule has 8 heteroatoms. The Morgan fingerprint density at radius 2 is 2.18 bits per heavy atom. The third-order valence-electron chi connectivity index (χ3n) is 2.09. The summed E-state index contributed by atoms with van der Waals surface area (Å²) in [5.41, 5.74) is 0.395. The van der Waals surface area contributed by atoms with Gasteiger partial charge < -0.3 is 5.11 Å². The highest BCUT2D eigenvalue weighted by Crippen LogP contribution is 2.20. The molecule has 0 saturated carbocycles. The van der Waals surface area contributed by atoms with Crippen LogP contribution in [-0.2, 0) is 13.2 Å². The van der Waals surface area contributed by atoms with E-state index in [4.69, 9.17) is 5.11 Å². The van der Waals surface area contributed by atoms with E-state index in [1.165, 1.54) is 28.7 Å². The molecular weight excluding hydrogens is 242 g/mol. The van der Waals surface area contributed by atoms with E-state index in [0.717, 1.165) is 0 Å². The highest BCUT2D eigenvalue weighted by atomic mass is 32.2. The second-order valence-electron chi connectivity index (χ2n) is 3.19. The Bertz CT molecular complexity index is 547. The standard InChI is InChI=1S/C9H11N5O2S/c1-2-14-8(16)12-13-9(14)17-7-10-3-6(5-15)4-11-7/h3-4,15H,2,5H2,1H3,(H,12,16). The molecule has 90 valence electrons. The smallest absolute Gasteiger partial charge is 0.343 e. The molecule has 0 atom stereocenters. The van der Waals surface area contributed by atoms with Crippen molar-refractivity contribution in [2.24, 2.45) is 0 Å². The van der Waals surface area contributed by atoms with Crippen molar-refractivity contribution < 1.29 is 5.11 Å². The monoisotopic (exact) mass is 253 g/mol. The van der Waals surface area contributed by atoms with Gasteiger partial charge in [0, 0.05) is 24.5 Å². The van der Waals surface area contributed by atoms with E-state index in [1.807, 2.05) is 6.92 Å². The van der Waals surface area contributed by atoms with Crippen LogP contribution in [0.4, 0.5) is 0 Å². The first kappa shape index (κ1) is 11.8. The number of nitrogens with zero attached hydrogens (tertiary/aromatic N) is 4. The van der Waals surface area contributed by atoms with Crippen LogP contribution < -0.4 is 5.69 Å². The van der Waals surface area contributed by atoms with Gasteiger partial charge in [0.15, 0.2) is 10.3 Å². The van der Waals surface area contributed by atoms with Crippen LogP contribution in [0.1, 0.15) is 12.5 Å². The molecule has 0 aromatic carbocycles. The molecule has 17 heavy (non-hydrogen) atoms. The number of nitrogens with one attached hydrogen (secondary N) is 1. The van der Waals surface area contributed by atoms with Crippen LogP contribution in [-0.4, -0.2) is 29.8 Å². The summed E-state index contributed by atoms with van der Waals surface area (Å²) in [6, 6.07) is 0. The van der Waals surface area contributed by atoms with Crippen molar-refractivity contribution in [1.29, 1.82) is 0 Å². The Hall–Kier alpha value is -1.67. The molecule has 0 spiro atoms. The van der Waals surface area contributed by atoms with Crippen LogP contribution in [0.25, 0.3) is 0 Å². The van der Waals surface area contributed by atoms with E-state index in [1.54, 1.807) is 0 Å². The summed E-state index contributed by atoms with van der Waals surface area (Å²) < 4.78 is 1.49. The summed E-state index contributed by atoms with van der Waals surface area (Å²) in [5, 5.41) is 16.1. The van der Waals surface area contributed by atoms with Gasteiger partial charge in [0.25, 0.3) is 0 Å². The van der Waals surface area contributed by atoms with Crippen LogP contribution in [0.3, 0.4) is 0 Å². The first-order valence-electron chi connectivity index (χ1n) is 4.99. The average molecular weight is 253 g/mol. The number of rotatable bonds is 4. The van der Waals surface area contributed by atoms with E-state index in [2.05, 4.69) is 20.2 Å². The van der Waals surface area contributed by atoms with Gasteiger partial charge in [-0.05, 0) is 18.7 Å².